The maximum absolute atomic E-state index is 5.85. The Morgan fingerprint density at radius 1 is 1.04 bits per heavy atom. The molecule has 0 spiro atoms. The minimum atomic E-state index is 0.0123. The second kappa shape index (κ2) is 6.59. The van der Waals surface area contributed by atoms with Gasteiger partial charge in [0.15, 0.2) is 0 Å². The van der Waals surface area contributed by atoms with Crippen LogP contribution in [0.25, 0.3) is 0 Å². The molecule has 1 aliphatic heterocycles. The Kier molecular flexibility index (Phi) is 4.12. The minimum Gasteiger partial charge on any atom is -0.497 e. The molecule has 0 bridgehead atoms. The van der Waals surface area contributed by atoms with Crippen molar-refractivity contribution >= 4 is 11.9 Å². The third kappa shape index (κ3) is 2.92. The van der Waals surface area contributed by atoms with Crippen LogP contribution in [0.5, 0.6) is 11.5 Å². The lowest BCUT2D eigenvalue weighted by Gasteiger charge is -2.31. The second-order valence-corrected chi connectivity index (χ2v) is 6.24. The molecule has 0 amide bonds. The predicted octanol–water partition coefficient (Wildman–Crippen LogP) is 3.02. The smallest absolute Gasteiger partial charge is 0.241 e. The molecule has 4 rings (SSSR count). The number of nitrogens with two attached hydrogens (primary N) is 1. The lowest BCUT2D eigenvalue weighted by Crippen LogP contribution is -2.28. The highest BCUT2D eigenvalue weighted by Gasteiger charge is 2.31. The average Bonchev–Trinajstić information content (AvgIpc) is 3.07. The zero-order chi connectivity index (χ0) is 18.1. The fourth-order valence-corrected chi connectivity index (χ4v) is 3.38. The van der Waals surface area contributed by atoms with Gasteiger partial charge in [-0.2, -0.15) is 4.98 Å². The van der Waals surface area contributed by atoms with Crippen LogP contribution in [0.4, 0.5) is 11.9 Å². The second-order valence-electron chi connectivity index (χ2n) is 6.24. The van der Waals surface area contributed by atoms with Crippen molar-refractivity contribution in [1.82, 2.24) is 14.8 Å². The van der Waals surface area contributed by atoms with Crippen molar-refractivity contribution in [2.45, 2.75) is 18.5 Å². The van der Waals surface area contributed by atoms with Gasteiger partial charge in [0.2, 0.25) is 11.9 Å². The van der Waals surface area contributed by atoms with E-state index >= 15 is 0 Å². The van der Waals surface area contributed by atoms with E-state index in [1.807, 2.05) is 35.0 Å². The van der Waals surface area contributed by atoms with Crippen molar-refractivity contribution < 1.29 is 9.47 Å². The number of nitrogens with one attached hydrogen (secondary N) is 1. The number of hydrogen-bond acceptors (Lipinski definition) is 6. The lowest BCUT2D eigenvalue weighted by molar-refractivity contribution is 0.406. The first kappa shape index (κ1) is 16.3. The van der Waals surface area contributed by atoms with Crippen LogP contribution < -0.4 is 20.5 Å². The Morgan fingerprint density at radius 3 is 2.54 bits per heavy atom. The van der Waals surface area contributed by atoms with Gasteiger partial charge in [0, 0.05) is 0 Å². The van der Waals surface area contributed by atoms with Crippen LogP contribution in [-0.4, -0.2) is 29.0 Å². The van der Waals surface area contributed by atoms with Gasteiger partial charge < -0.3 is 20.5 Å². The van der Waals surface area contributed by atoms with Crippen molar-refractivity contribution in [1.29, 1.82) is 0 Å². The van der Waals surface area contributed by atoms with Crippen LogP contribution in [0.15, 0.2) is 48.5 Å². The summed E-state index contributed by atoms with van der Waals surface area (Å²) >= 11 is 0. The van der Waals surface area contributed by atoms with Crippen LogP contribution in [0.1, 0.15) is 29.6 Å². The first-order valence-corrected chi connectivity index (χ1v) is 8.44. The molecular weight excluding hydrogens is 330 g/mol. The van der Waals surface area contributed by atoms with Crippen LogP contribution in [0.3, 0.4) is 0 Å². The fraction of sp³-hybridized carbons (Fsp3) is 0.263. The maximum Gasteiger partial charge on any atom is 0.241 e. The van der Waals surface area contributed by atoms with Crippen molar-refractivity contribution in [3.8, 4) is 11.5 Å². The van der Waals surface area contributed by atoms with E-state index in [1.165, 1.54) is 0 Å². The van der Waals surface area contributed by atoms with Crippen LogP contribution in [0.2, 0.25) is 0 Å². The van der Waals surface area contributed by atoms with Crippen LogP contribution in [0, 0.1) is 0 Å². The quantitative estimate of drug-likeness (QED) is 0.751. The van der Waals surface area contributed by atoms with Crippen molar-refractivity contribution in [2.24, 2.45) is 0 Å². The number of aromatic nitrogens is 3. The van der Waals surface area contributed by atoms with E-state index in [-0.39, 0.29) is 18.0 Å². The molecule has 3 aromatic rings. The number of benzene rings is 2. The molecule has 134 valence electrons. The molecule has 0 radical (unpaired) electrons. The predicted molar refractivity (Wildman–Crippen MR) is 99.5 cm³/mol. The average molecular weight is 351 g/mol. The summed E-state index contributed by atoms with van der Waals surface area (Å²) in [4.78, 5) is 4.34. The molecule has 0 fully saturated rings. The third-order valence-electron chi connectivity index (χ3n) is 4.70. The number of hydrogen-bond donors (Lipinski definition) is 2. The summed E-state index contributed by atoms with van der Waals surface area (Å²) < 4.78 is 12.5. The fourth-order valence-electron chi connectivity index (χ4n) is 3.38. The summed E-state index contributed by atoms with van der Waals surface area (Å²) in [5.74, 6) is 2.58. The van der Waals surface area contributed by atoms with E-state index in [4.69, 9.17) is 15.2 Å². The van der Waals surface area contributed by atoms with E-state index < -0.39 is 0 Å². The van der Waals surface area contributed by atoms with E-state index in [2.05, 4.69) is 33.6 Å². The minimum absolute atomic E-state index is 0.0123. The molecule has 2 aromatic carbocycles. The van der Waals surface area contributed by atoms with Gasteiger partial charge in [0.25, 0.3) is 0 Å². The van der Waals surface area contributed by atoms with Gasteiger partial charge >= 0.3 is 0 Å². The largest absolute Gasteiger partial charge is 0.497 e. The Hall–Kier alpha value is -3.22. The molecule has 26 heavy (non-hydrogen) atoms. The highest BCUT2D eigenvalue weighted by Crippen LogP contribution is 2.39. The number of methoxy groups -OCH3 is 2. The Morgan fingerprint density at radius 2 is 1.81 bits per heavy atom. The zero-order valence-electron chi connectivity index (χ0n) is 14.7. The van der Waals surface area contributed by atoms with Gasteiger partial charge in [0.05, 0.1) is 26.3 Å². The topological polar surface area (TPSA) is 87.2 Å². The van der Waals surface area contributed by atoms with E-state index in [9.17, 15) is 0 Å². The normalized spacial score (nSPS) is 18.7. The van der Waals surface area contributed by atoms with E-state index in [0.717, 1.165) is 29.0 Å². The molecule has 3 N–H and O–H groups in total. The summed E-state index contributed by atoms with van der Waals surface area (Å²) in [5, 5.41) is 7.82. The first-order chi connectivity index (χ1) is 12.7. The van der Waals surface area contributed by atoms with E-state index in [1.54, 1.807) is 14.2 Å². The number of nitrogen functional groups attached to an aromatic ring is 1. The molecule has 1 aliphatic rings. The van der Waals surface area contributed by atoms with E-state index in [0.29, 0.717) is 5.95 Å². The summed E-state index contributed by atoms with van der Waals surface area (Å²) in [5.41, 5.74) is 8.12. The molecule has 0 saturated heterocycles. The molecule has 2 atom stereocenters. The van der Waals surface area contributed by atoms with Crippen molar-refractivity contribution in [3.05, 3.63) is 59.7 Å². The summed E-state index contributed by atoms with van der Waals surface area (Å²) in [6, 6.07) is 16.2. The molecule has 0 saturated carbocycles. The molecule has 7 nitrogen and oxygen atoms in total. The maximum atomic E-state index is 5.85. The first-order valence-electron chi connectivity index (χ1n) is 8.44. The van der Waals surface area contributed by atoms with Gasteiger partial charge in [-0.1, -0.05) is 24.3 Å². The summed E-state index contributed by atoms with van der Waals surface area (Å²) in [7, 11) is 3.33. The highest BCUT2D eigenvalue weighted by atomic mass is 16.5. The van der Waals surface area contributed by atoms with Crippen molar-refractivity contribution in [3.63, 3.8) is 0 Å². The third-order valence-corrected chi connectivity index (χ3v) is 4.70. The number of ether oxygens (including phenoxy) is 2. The molecule has 1 aromatic heterocycles. The molecule has 0 aliphatic carbocycles. The monoisotopic (exact) mass is 351 g/mol. The number of fused-ring (bicyclic) bond motifs is 1. The number of rotatable bonds is 4. The van der Waals surface area contributed by atoms with Gasteiger partial charge in [0.1, 0.15) is 11.5 Å². The molecule has 7 heteroatoms. The van der Waals surface area contributed by atoms with Crippen molar-refractivity contribution in [2.75, 3.05) is 25.3 Å². The van der Waals surface area contributed by atoms with Gasteiger partial charge in [-0.3, -0.25) is 0 Å². The Labute approximate surface area is 151 Å². The summed E-state index contributed by atoms with van der Waals surface area (Å²) in [6.07, 6.45) is 0.815. The molecular formula is C19H21N5O2. The van der Waals surface area contributed by atoms with Crippen LogP contribution in [-0.2, 0) is 0 Å². The number of anilines is 2. The Balaban J connectivity index is 1.72. The molecule has 0 unspecified atom stereocenters. The van der Waals surface area contributed by atoms with Gasteiger partial charge in [-0.15, -0.1) is 5.10 Å². The van der Waals surface area contributed by atoms with Gasteiger partial charge in [-0.25, -0.2) is 4.68 Å². The highest BCUT2D eigenvalue weighted by molar-refractivity contribution is 5.43. The SMILES string of the molecule is COc1ccc([C@H]2C[C@H](c3cccc(OC)c3)n3nc(N)nc3N2)cc1. The van der Waals surface area contributed by atoms with Gasteiger partial charge in [-0.05, 0) is 41.8 Å². The standard InChI is InChI=1S/C19H21N5O2/c1-25-14-8-6-12(7-9-14)16-11-17(13-4-3-5-15(10-13)26-2)24-19(21-16)22-18(20)23-24/h3-10,16-17H,11H2,1-2H3,(H3,20,21,22,23)/t16-,17-/m1/s1. The number of nitrogens with zero attached hydrogens (tertiary/aromatic N) is 3. The zero-order valence-corrected chi connectivity index (χ0v) is 14.7. The lowest BCUT2D eigenvalue weighted by atomic mass is 9.93. The molecule has 2 heterocycles. The Bertz CT molecular complexity index is 907. The van der Waals surface area contributed by atoms with Crippen LogP contribution >= 0.6 is 0 Å². The summed E-state index contributed by atoms with van der Waals surface area (Å²) in [6.45, 7) is 0.